The molecule has 0 aliphatic rings. The molecule has 0 saturated heterocycles. The maximum Gasteiger partial charge on any atom is 0.260 e. The van der Waals surface area contributed by atoms with E-state index in [9.17, 15) is 4.79 Å². The van der Waals surface area contributed by atoms with Gasteiger partial charge in [-0.3, -0.25) is 9.78 Å². The molecule has 25 heavy (non-hydrogen) atoms. The van der Waals surface area contributed by atoms with E-state index >= 15 is 0 Å². The van der Waals surface area contributed by atoms with E-state index in [-0.39, 0.29) is 0 Å². The number of hydrogen-bond acceptors (Lipinski definition) is 8. The number of thiazole rings is 1. The van der Waals surface area contributed by atoms with Crippen molar-refractivity contribution >= 4 is 28.2 Å². The van der Waals surface area contributed by atoms with Crippen LogP contribution in [-0.2, 0) is 13.0 Å². The maximum absolute atomic E-state index is 11.1. The molecule has 0 saturated carbocycles. The molecule has 4 N–H and O–H groups in total. The third-order valence-electron chi connectivity index (χ3n) is 3.33. The molecule has 3 aromatic rings. The number of anilines is 2. The van der Waals surface area contributed by atoms with Crippen molar-refractivity contribution in [1.82, 2.24) is 25.3 Å². The standard InChI is InChI=1S/C16H17N7OS/c17-15(24)13-9-20-16(25-13)23-14-6-12(21-10-22-14)8-19-5-3-11-2-1-4-18-7-11/h1-2,4,6-7,9-10,19H,3,5,8H2,(H2,17,24)(H,20,21,22,23). The Morgan fingerprint density at radius 3 is 2.92 bits per heavy atom. The number of nitrogens with zero attached hydrogens (tertiary/aromatic N) is 4. The summed E-state index contributed by atoms with van der Waals surface area (Å²) in [7, 11) is 0. The average molecular weight is 355 g/mol. The summed E-state index contributed by atoms with van der Waals surface area (Å²) in [5, 5.41) is 6.95. The Morgan fingerprint density at radius 1 is 1.24 bits per heavy atom. The van der Waals surface area contributed by atoms with Crippen LogP contribution in [0.5, 0.6) is 0 Å². The molecule has 0 fully saturated rings. The molecule has 0 atom stereocenters. The summed E-state index contributed by atoms with van der Waals surface area (Å²) in [6.07, 6.45) is 7.46. The first kappa shape index (κ1) is 16.9. The Morgan fingerprint density at radius 2 is 2.16 bits per heavy atom. The Hall–Kier alpha value is -2.91. The van der Waals surface area contributed by atoms with Crippen molar-refractivity contribution in [2.24, 2.45) is 5.73 Å². The average Bonchev–Trinajstić information content (AvgIpc) is 3.09. The van der Waals surface area contributed by atoms with Crippen LogP contribution in [0.15, 0.2) is 43.1 Å². The highest BCUT2D eigenvalue weighted by molar-refractivity contribution is 7.17. The van der Waals surface area contributed by atoms with Crippen LogP contribution in [0.25, 0.3) is 0 Å². The van der Waals surface area contributed by atoms with Gasteiger partial charge in [0, 0.05) is 25.0 Å². The molecule has 0 radical (unpaired) electrons. The summed E-state index contributed by atoms with van der Waals surface area (Å²) in [6.45, 7) is 1.45. The summed E-state index contributed by atoms with van der Waals surface area (Å²) < 4.78 is 0. The fourth-order valence-electron chi connectivity index (χ4n) is 2.11. The number of primary amides is 1. The molecule has 0 aromatic carbocycles. The molecule has 0 bridgehead atoms. The highest BCUT2D eigenvalue weighted by Gasteiger charge is 2.07. The molecule has 3 rings (SSSR count). The lowest BCUT2D eigenvalue weighted by Gasteiger charge is -2.06. The van der Waals surface area contributed by atoms with E-state index in [2.05, 4.69) is 36.6 Å². The van der Waals surface area contributed by atoms with Gasteiger partial charge in [-0.1, -0.05) is 17.4 Å². The molecule has 1 amide bonds. The zero-order valence-corrected chi connectivity index (χ0v) is 14.2. The Labute approximate surface area is 148 Å². The van der Waals surface area contributed by atoms with Gasteiger partial charge in [0.05, 0.1) is 11.9 Å². The summed E-state index contributed by atoms with van der Waals surface area (Å²) in [5.74, 6) is 0.121. The number of amides is 1. The Kier molecular flexibility index (Phi) is 5.60. The molecule has 0 unspecified atom stereocenters. The predicted molar refractivity (Wildman–Crippen MR) is 95.6 cm³/mol. The van der Waals surface area contributed by atoms with Crippen molar-refractivity contribution in [3.63, 3.8) is 0 Å². The van der Waals surface area contributed by atoms with Gasteiger partial charge in [0.25, 0.3) is 5.91 Å². The van der Waals surface area contributed by atoms with Crippen molar-refractivity contribution in [3.05, 3.63) is 59.3 Å². The van der Waals surface area contributed by atoms with Gasteiger partial charge in [-0.05, 0) is 24.6 Å². The number of hydrogen-bond donors (Lipinski definition) is 3. The van der Waals surface area contributed by atoms with Crippen LogP contribution in [0.3, 0.4) is 0 Å². The zero-order valence-electron chi connectivity index (χ0n) is 13.3. The minimum absolute atomic E-state index is 0.397. The van der Waals surface area contributed by atoms with E-state index in [0.29, 0.717) is 22.4 Å². The third-order valence-corrected chi connectivity index (χ3v) is 4.25. The van der Waals surface area contributed by atoms with Gasteiger partial charge in [-0.2, -0.15) is 0 Å². The first-order chi connectivity index (χ1) is 12.2. The molecule has 128 valence electrons. The van der Waals surface area contributed by atoms with E-state index in [1.807, 2.05) is 18.3 Å². The molecular formula is C16H17N7OS. The minimum Gasteiger partial charge on any atom is -0.365 e. The zero-order chi connectivity index (χ0) is 17.5. The number of aromatic nitrogens is 4. The topological polar surface area (TPSA) is 119 Å². The fourth-order valence-corrected chi connectivity index (χ4v) is 2.79. The molecule has 3 aromatic heterocycles. The number of nitrogens with one attached hydrogen (secondary N) is 2. The van der Waals surface area contributed by atoms with E-state index in [0.717, 1.165) is 18.7 Å². The molecule has 8 nitrogen and oxygen atoms in total. The van der Waals surface area contributed by atoms with Gasteiger partial charge >= 0.3 is 0 Å². The van der Waals surface area contributed by atoms with Gasteiger partial charge < -0.3 is 16.4 Å². The van der Waals surface area contributed by atoms with Gasteiger partial charge in [0.2, 0.25) is 0 Å². The lowest BCUT2D eigenvalue weighted by atomic mass is 10.2. The SMILES string of the molecule is NC(=O)c1cnc(Nc2cc(CNCCc3cccnc3)ncn2)s1. The van der Waals surface area contributed by atoms with Gasteiger partial charge in [0.15, 0.2) is 5.13 Å². The summed E-state index contributed by atoms with van der Waals surface area (Å²) >= 11 is 1.18. The molecule has 0 aliphatic carbocycles. The second-order valence-corrected chi connectivity index (χ2v) is 6.23. The van der Waals surface area contributed by atoms with Crippen molar-refractivity contribution in [1.29, 1.82) is 0 Å². The molecule has 0 aliphatic heterocycles. The van der Waals surface area contributed by atoms with E-state index in [4.69, 9.17) is 5.73 Å². The van der Waals surface area contributed by atoms with Gasteiger partial charge in [0.1, 0.15) is 17.0 Å². The maximum atomic E-state index is 11.1. The van der Waals surface area contributed by atoms with Gasteiger partial charge in [-0.25, -0.2) is 15.0 Å². The first-order valence-corrected chi connectivity index (χ1v) is 8.45. The van der Waals surface area contributed by atoms with Crippen LogP contribution in [0.2, 0.25) is 0 Å². The summed E-state index contributed by atoms with van der Waals surface area (Å²) in [5.41, 5.74) is 7.27. The number of carbonyl (C=O) groups is 1. The summed E-state index contributed by atoms with van der Waals surface area (Å²) in [4.78, 5) is 28.1. The predicted octanol–water partition coefficient (Wildman–Crippen LogP) is 1.50. The molecular weight excluding hydrogens is 338 g/mol. The normalized spacial score (nSPS) is 10.6. The highest BCUT2D eigenvalue weighted by Crippen LogP contribution is 2.21. The van der Waals surface area contributed by atoms with Crippen LogP contribution in [0, 0.1) is 0 Å². The van der Waals surface area contributed by atoms with Crippen LogP contribution >= 0.6 is 11.3 Å². The van der Waals surface area contributed by atoms with E-state index < -0.39 is 5.91 Å². The number of pyridine rings is 1. The van der Waals surface area contributed by atoms with Crippen LogP contribution < -0.4 is 16.4 Å². The first-order valence-electron chi connectivity index (χ1n) is 7.64. The minimum atomic E-state index is -0.494. The molecule has 0 spiro atoms. The number of nitrogens with two attached hydrogens (primary N) is 1. The third kappa shape index (κ3) is 5.03. The largest absolute Gasteiger partial charge is 0.365 e. The van der Waals surface area contributed by atoms with Crippen molar-refractivity contribution < 1.29 is 4.79 Å². The smallest absolute Gasteiger partial charge is 0.260 e. The second-order valence-electron chi connectivity index (χ2n) is 5.20. The molecule has 3 heterocycles. The van der Waals surface area contributed by atoms with Crippen LogP contribution in [-0.4, -0.2) is 32.4 Å². The Balaban J connectivity index is 1.51. The lowest BCUT2D eigenvalue weighted by Crippen LogP contribution is -2.17. The number of carbonyl (C=O) groups excluding carboxylic acids is 1. The number of rotatable bonds is 8. The summed E-state index contributed by atoms with van der Waals surface area (Å²) in [6, 6.07) is 5.82. The lowest BCUT2D eigenvalue weighted by molar-refractivity contribution is 0.100. The van der Waals surface area contributed by atoms with Crippen molar-refractivity contribution in [3.8, 4) is 0 Å². The monoisotopic (exact) mass is 355 g/mol. The molecule has 9 heteroatoms. The van der Waals surface area contributed by atoms with Crippen molar-refractivity contribution in [2.45, 2.75) is 13.0 Å². The van der Waals surface area contributed by atoms with Crippen LogP contribution in [0.1, 0.15) is 20.9 Å². The van der Waals surface area contributed by atoms with E-state index in [1.165, 1.54) is 29.4 Å². The highest BCUT2D eigenvalue weighted by atomic mass is 32.1. The second kappa shape index (κ2) is 8.27. The van der Waals surface area contributed by atoms with E-state index in [1.54, 1.807) is 6.20 Å². The fraction of sp³-hybridized carbons (Fsp3) is 0.188. The van der Waals surface area contributed by atoms with Crippen molar-refractivity contribution in [2.75, 3.05) is 11.9 Å². The van der Waals surface area contributed by atoms with Crippen LogP contribution in [0.4, 0.5) is 10.9 Å². The van der Waals surface area contributed by atoms with Gasteiger partial charge in [-0.15, -0.1) is 0 Å². The quantitative estimate of drug-likeness (QED) is 0.524. The Bertz CT molecular complexity index is 837.